The number of rotatable bonds is 6. The van der Waals surface area contributed by atoms with Crippen LogP contribution in [0.5, 0.6) is 11.5 Å². The Hall–Kier alpha value is -2.97. The number of carbonyl (C=O) groups excluding carboxylic acids is 1. The van der Waals surface area contributed by atoms with Gasteiger partial charge in [0, 0.05) is 16.6 Å². The minimum absolute atomic E-state index is 0.166. The number of thioether (sulfide) groups is 1. The van der Waals surface area contributed by atoms with Gasteiger partial charge >= 0.3 is 0 Å². The maximum Gasteiger partial charge on any atom is 0.234 e. The number of hydrogen-bond acceptors (Lipinski definition) is 6. The summed E-state index contributed by atoms with van der Waals surface area (Å²) in [6.07, 6.45) is 1.50. The van der Waals surface area contributed by atoms with E-state index in [1.165, 1.54) is 18.1 Å². The van der Waals surface area contributed by atoms with Crippen molar-refractivity contribution in [3.63, 3.8) is 0 Å². The van der Waals surface area contributed by atoms with E-state index < -0.39 is 0 Å². The van der Waals surface area contributed by atoms with Crippen molar-refractivity contribution in [2.75, 3.05) is 25.3 Å². The topological polar surface area (TPSA) is 89.1 Å². The SMILES string of the molecule is COc1ccc2[nH]c3c(SCC(=O)Nc4ccc(OC)c(Cl)c4)ncnc3c2c1. The average molecular weight is 429 g/mol. The van der Waals surface area contributed by atoms with Crippen molar-refractivity contribution >= 4 is 56.9 Å². The highest BCUT2D eigenvalue weighted by Crippen LogP contribution is 2.32. The second-order valence-electron chi connectivity index (χ2n) is 6.13. The van der Waals surface area contributed by atoms with E-state index >= 15 is 0 Å². The lowest BCUT2D eigenvalue weighted by Crippen LogP contribution is -2.14. The molecule has 0 fully saturated rings. The molecule has 0 unspecified atom stereocenters. The molecule has 2 aromatic heterocycles. The quantitative estimate of drug-likeness (QED) is 0.347. The predicted molar refractivity (Wildman–Crippen MR) is 115 cm³/mol. The third kappa shape index (κ3) is 3.94. The molecule has 7 nitrogen and oxygen atoms in total. The van der Waals surface area contributed by atoms with E-state index in [0.717, 1.165) is 27.7 Å². The van der Waals surface area contributed by atoms with Crippen LogP contribution in [0, 0.1) is 0 Å². The number of hydrogen-bond donors (Lipinski definition) is 2. The van der Waals surface area contributed by atoms with E-state index in [4.69, 9.17) is 21.1 Å². The van der Waals surface area contributed by atoms with Crippen molar-refractivity contribution < 1.29 is 14.3 Å². The molecule has 2 aromatic carbocycles. The lowest BCUT2D eigenvalue weighted by atomic mass is 10.2. The highest BCUT2D eigenvalue weighted by molar-refractivity contribution is 8.00. The number of aromatic amines is 1. The van der Waals surface area contributed by atoms with E-state index in [1.54, 1.807) is 32.4 Å². The number of H-pyrrole nitrogens is 1. The summed E-state index contributed by atoms with van der Waals surface area (Å²) in [5, 5.41) is 4.91. The molecule has 9 heteroatoms. The fourth-order valence-electron chi connectivity index (χ4n) is 2.96. The van der Waals surface area contributed by atoms with Crippen molar-refractivity contribution in [3.8, 4) is 11.5 Å². The van der Waals surface area contributed by atoms with Gasteiger partial charge in [-0.1, -0.05) is 23.4 Å². The van der Waals surface area contributed by atoms with Crippen molar-refractivity contribution in [2.45, 2.75) is 5.03 Å². The molecule has 29 heavy (non-hydrogen) atoms. The molecule has 4 rings (SSSR count). The number of anilines is 1. The molecule has 0 spiro atoms. The van der Waals surface area contributed by atoms with Gasteiger partial charge in [0.15, 0.2) is 0 Å². The zero-order valence-electron chi connectivity index (χ0n) is 15.7. The normalized spacial score (nSPS) is 11.0. The fourth-order valence-corrected chi connectivity index (χ4v) is 3.97. The van der Waals surface area contributed by atoms with E-state index in [0.29, 0.717) is 21.5 Å². The molecule has 4 aromatic rings. The molecule has 0 saturated carbocycles. The number of benzene rings is 2. The van der Waals surface area contributed by atoms with Gasteiger partial charge in [-0.2, -0.15) is 0 Å². The standard InChI is InChI=1S/C20H17ClN4O3S/c1-27-12-4-5-15-13(8-12)18-19(25-15)20(23-10-22-18)29-9-17(26)24-11-3-6-16(28-2)14(21)7-11/h3-8,10,25H,9H2,1-2H3,(H,24,26). The molecule has 1 amide bonds. The third-order valence-electron chi connectivity index (χ3n) is 4.33. The summed E-state index contributed by atoms with van der Waals surface area (Å²) in [4.78, 5) is 24.4. The summed E-state index contributed by atoms with van der Waals surface area (Å²) in [6, 6.07) is 10.8. The molecule has 0 aliphatic rings. The lowest BCUT2D eigenvalue weighted by Gasteiger charge is -2.08. The number of amides is 1. The van der Waals surface area contributed by atoms with Gasteiger partial charge in [0.05, 0.1) is 30.5 Å². The Kier molecular flexibility index (Phi) is 5.46. The van der Waals surface area contributed by atoms with Crippen LogP contribution in [0.4, 0.5) is 5.69 Å². The monoisotopic (exact) mass is 428 g/mol. The van der Waals surface area contributed by atoms with Crippen LogP contribution in [0.25, 0.3) is 21.9 Å². The van der Waals surface area contributed by atoms with Gasteiger partial charge in [-0.05, 0) is 36.4 Å². The molecule has 148 valence electrons. The number of fused-ring (bicyclic) bond motifs is 3. The Morgan fingerprint density at radius 3 is 2.79 bits per heavy atom. The van der Waals surface area contributed by atoms with Crippen LogP contribution in [-0.4, -0.2) is 40.8 Å². The Labute approximate surface area is 175 Å². The van der Waals surface area contributed by atoms with E-state index in [9.17, 15) is 4.79 Å². The van der Waals surface area contributed by atoms with E-state index in [-0.39, 0.29) is 11.7 Å². The molecule has 0 saturated heterocycles. The number of nitrogens with one attached hydrogen (secondary N) is 2. The molecule has 0 radical (unpaired) electrons. The molecule has 0 atom stereocenters. The van der Waals surface area contributed by atoms with Gasteiger partial charge in [0.1, 0.15) is 28.4 Å². The van der Waals surface area contributed by atoms with Gasteiger partial charge in [-0.15, -0.1) is 0 Å². The van der Waals surface area contributed by atoms with Crippen LogP contribution in [0.15, 0.2) is 47.8 Å². The molecular weight excluding hydrogens is 412 g/mol. The Bertz CT molecular complexity index is 1210. The van der Waals surface area contributed by atoms with Crippen LogP contribution in [0.1, 0.15) is 0 Å². The van der Waals surface area contributed by atoms with Crippen LogP contribution in [-0.2, 0) is 4.79 Å². The number of ether oxygens (including phenoxy) is 2. The molecule has 0 aliphatic carbocycles. The average Bonchev–Trinajstić information content (AvgIpc) is 3.10. The third-order valence-corrected chi connectivity index (χ3v) is 5.61. The van der Waals surface area contributed by atoms with Crippen LogP contribution >= 0.6 is 23.4 Å². The van der Waals surface area contributed by atoms with Gasteiger partial charge in [-0.25, -0.2) is 9.97 Å². The largest absolute Gasteiger partial charge is 0.497 e. The van der Waals surface area contributed by atoms with Crippen LogP contribution in [0.2, 0.25) is 5.02 Å². The van der Waals surface area contributed by atoms with Crippen LogP contribution < -0.4 is 14.8 Å². The maximum absolute atomic E-state index is 12.4. The minimum Gasteiger partial charge on any atom is -0.497 e. The highest BCUT2D eigenvalue weighted by Gasteiger charge is 2.14. The first-order valence-electron chi connectivity index (χ1n) is 8.65. The Morgan fingerprint density at radius 1 is 1.17 bits per heavy atom. The second kappa shape index (κ2) is 8.18. The summed E-state index contributed by atoms with van der Waals surface area (Å²) in [5.74, 6) is 1.33. The smallest absolute Gasteiger partial charge is 0.234 e. The van der Waals surface area contributed by atoms with Crippen molar-refractivity contribution in [1.29, 1.82) is 0 Å². The van der Waals surface area contributed by atoms with Gasteiger partial charge in [0.25, 0.3) is 0 Å². The van der Waals surface area contributed by atoms with E-state index in [1.807, 2.05) is 18.2 Å². The molecular formula is C20H17ClN4O3S. The van der Waals surface area contributed by atoms with Crippen LogP contribution in [0.3, 0.4) is 0 Å². The van der Waals surface area contributed by atoms with Crippen molar-refractivity contribution in [3.05, 3.63) is 47.7 Å². The fraction of sp³-hybridized carbons (Fsp3) is 0.150. The predicted octanol–water partition coefficient (Wildman–Crippen LogP) is 4.51. The highest BCUT2D eigenvalue weighted by atomic mass is 35.5. The van der Waals surface area contributed by atoms with Crippen molar-refractivity contribution in [1.82, 2.24) is 15.0 Å². The van der Waals surface area contributed by atoms with Gasteiger partial charge in [-0.3, -0.25) is 4.79 Å². The second-order valence-corrected chi connectivity index (χ2v) is 7.50. The molecule has 0 aliphatic heterocycles. The number of aromatic nitrogens is 3. The molecule has 2 N–H and O–H groups in total. The lowest BCUT2D eigenvalue weighted by molar-refractivity contribution is -0.113. The number of nitrogens with zero attached hydrogens (tertiary/aromatic N) is 2. The Morgan fingerprint density at radius 2 is 2.03 bits per heavy atom. The zero-order valence-corrected chi connectivity index (χ0v) is 17.2. The minimum atomic E-state index is -0.166. The maximum atomic E-state index is 12.4. The summed E-state index contributed by atoms with van der Waals surface area (Å²) in [7, 11) is 3.17. The van der Waals surface area contributed by atoms with Crippen molar-refractivity contribution in [2.24, 2.45) is 0 Å². The summed E-state index contributed by atoms with van der Waals surface area (Å²) in [6.45, 7) is 0. The van der Waals surface area contributed by atoms with E-state index in [2.05, 4.69) is 20.3 Å². The van der Waals surface area contributed by atoms with Gasteiger partial charge < -0.3 is 19.8 Å². The zero-order chi connectivity index (χ0) is 20.4. The first kappa shape index (κ1) is 19.4. The molecule has 2 heterocycles. The summed E-state index contributed by atoms with van der Waals surface area (Å²) < 4.78 is 10.4. The first-order chi connectivity index (χ1) is 14.1. The number of halogens is 1. The molecule has 0 bridgehead atoms. The summed E-state index contributed by atoms with van der Waals surface area (Å²) >= 11 is 7.43. The first-order valence-corrected chi connectivity index (χ1v) is 10.0. The Balaban J connectivity index is 1.52. The van der Waals surface area contributed by atoms with Gasteiger partial charge in [0.2, 0.25) is 5.91 Å². The number of carbonyl (C=O) groups is 1. The number of methoxy groups -OCH3 is 2. The summed E-state index contributed by atoms with van der Waals surface area (Å²) in [5.41, 5.74) is 3.12.